The maximum absolute atomic E-state index is 11.3. The first-order valence-corrected chi connectivity index (χ1v) is 8.43. The molecule has 0 unspecified atom stereocenters. The van der Waals surface area contributed by atoms with E-state index in [0.29, 0.717) is 11.9 Å². The smallest absolute Gasteiger partial charge is 0.332 e. The van der Waals surface area contributed by atoms with Gasteiger partial charge in [0.2, 0.25) is 0 Å². The number of allylic oxidation sites excluding steroid dienone is 1. The van der Waals surface area contributed by atoms with E-state index in [4.69, 9.17) is 10.5 Å². The predicted octanol–water partition coefficient (Wildman–Crippen LogP) is 2.44. The van der Waals surface area contributed by atoms with Gasteiger partial charge in [-0.1, -0.05) is 38.9 Å². The maximum atomic E-state index is 11.3. The van der Waals surface area contributed by atoms with Crippen LogP contribution in [0.3, 0.4) is 0 Å². The number of hydrogen-bond donors (Lipinski definition) is 1. The summed E-state index contributed by atoms with van der Waals surface area (Å²) in [7, 11) is -1.34. The Kier molecular flexibility index (Phi) is 6.32. The fourth-order valence-electron chi connectivity index (χ4n) is 1.51. The highest BCUT2D eigenvalue weighted by Crippen LogP contribution is 2.20. The molecule has 0 aromatic heterocycles. The molecule has 0 fully saturated rings. The molecule has 0 bridgehead atoms. The second-order valence-corrected chi connectivity index (χ2v) is 9.47. The van der Waals surface area contributed by atoms with Gasteiger partial charge in [-0.2, -0.15) is 0 Å². The molecule has 0 amide bonds. The fraction of sp³-hybridized carbons (Fsp3) is 0.727. The van der Waals surface area contributed by atoms with E-state index in [1.54, 1.807) is 6.92 Å². The van der Waals surface area contributed by atoms with Crippen LogP contribution in [0.2, 0.25) is 18.1 Å². The van der Waals surface area contributed by atoms with Gasteiger partial charge in [0.1, 0.15) is 0 Å². The minimum Gasteiger partial charge on any atom is -0.466 e. The van der Waals surface area contributed by atoms with Crippen molar-refractivity contribution in [3.05, 3.63) is 11.8 Å². The van der Waals surface area contributed by atoms with Crippen molar-refractivity contribution in [1.82, 2.24) is 0 Å². The first kappa shape index (κ1) is 14.2. The van der Waals surface area contributed by atoms with Gasteiger partial charge in [-0.3, -0.25) is 0 Å². The molecule has 0 spiro atoms. The molecule has 0 saturated heterocycles. The van der Waals surface area contributed by atoms with E-state index in [2.05, 4.69) is 20.8 Å². The van der Waals surface area contributed by atoms with Gasteiger partial charge in [-0.15, -0.1) is 0 Å². The van der Waals surface area contributed by atoms with E-state index in [0.717, 1.165) is 0 Å². The minimum atomic E-state index is -1.34. The van der Waals surface area contributed by atoms with E-state index in [9.17, 15) is 4.79 Å². The standard InChI is InChI=1S/C11H23NO2Si/c1-5-15(6-2,7-3)9-14-11(13)8-10(4)12/h8H,5-7,9,12H2,1-4H3/b10-8-. The molecule has 0 saturated carbocycles. The summed E-state index contributed by atoms with van der Waals surface area (Å²) in [5.74, 6) is -0.303. The van der Waals surface area contributed by atoms with Crippen molar-refractivity contribution in [2.24, 2.45) is 5.73 Å². The van der Waals surface area contributed by atoms with Crippen molar-refractivity contribution in [2.75, 3.05) is 6.23 Å². The number of rotatable bonds is 6. The van der Waals surface area contributed by atoms with Crippen LogP contribution in [0.1, 0.15) is 27.7 Å². The van der Waals surface area contributed by atoms with E-state index in [1.807, 2.05) is 0 Å². The normalized spacial score (nSPS) is 12.7. The van der Waals surface area contributed by atoms with Gasteiger partial charge in [-0.25, -0.2) is 4.79 Å². The zero-order valence-corrected chi connectivity index (χ0v) is 11.3. The van der Waals surface area contributed by atoms with Gasteiger partial charge >= 0.3 is 5.97 Å². The Labute approximate surface area is 93.7 Å². The summed E-state index contributed by atoms with van der Waals surface area (Å²) in [6, 6.07) is 3.50. The molecule has 0 aliphatic carbocycles. The van der Waals surface area contributed by atoms with Crippen LogP contribution < -0.4 is 5.73 Å². The molecule has 0 heterocycles. The van der Waals surface area contributed by atoms with Crippen LogP contribution in [-0.2, 0) is 9.53 Å². The van der Waals surface area contributed by atoms with Gasteiger partial charge in [0, 0.05) is 11.8 Å². The summed E-state index contributed by atoms with van der Waals surface area (Å²) < 4.78 is 5.26. The van der Waals surface area contributed by atoms with Gasteiger partial charge in [-0.05, 0) is 6.92 Å². The maximum Gasteiger partial charge on any atom is 0.332 e. The fourth-order valence-corrected chi connectivity index (χ4v) is 4.07. The molecule has 0 aromatic carbocycles. The molecular formula is C11H23NO2Si. The largest absolute Gasteiger partial charge is 0.466 e. The van der Waals surface area contributed by atoms with Crippen molar-refractivity contribution in [3.63, 3.8) is 0 Å². The third-order valence-electron chi connectivity index (χ3n) is 3.12. The van der Waals surface area contributed by atoms with E-state index >= 15 is 0 Å². The molecule has 0 atom stereocenters. The lowest BCUT2D eigenvalue weighted by atomic mass is 10.4. The summed E-state index contributed by atoms with van der Waals surface area (Å²) in [5, 5.41) is 0. The molecule has 3 nitrogen and oxygen atoms in total. The van der Waals surface area contributed by atoms with Crippen LogP contribution in [0.4, 0.5) is 0 Å². The Morgan fingerprint density at radius 2 is 1.73 bits per heavy atom. The molecule has 88 valence electrons. The summed E-state index contributed by atoms with van der Waals surface area (Å²) in [4.78, 5) is 11.3. The summed E-state index contributed by atoms with van der Waals surface area (Å²) in [6.07, 6.45) is 1.97. The van der Waals surface area contributed by atoms with Crippen molar-refractivity contribution in [1.29, 1.82) is 0 Å². The van der Waals surface area contributed by atoms with Crippen molar-refractivity contribution in [3.8, 4) is 0 Å². The lowest BCUT2D eigenvalue weighted by molar-refractivity contribution is -0.136. The van der Waals surface area contributed by atoms with Gasteiger partial charge in [0.05, 0.1) is 14.3 Å². The third-order valence-corrected chi connectivity index (χ3v) is 8.37. The van der Waals surface area contributed by atoms with Crippen LogP contribution in [0, 0.1) is 0 Å². The zero-order chi connectivity index (χ0) is 11.9. The summed E-state index contributed by atoms with van der Waals surface area (Å²) in [6.45, 7) is 8.26. The first-order chi connectivity index (χ1) is 6.99. The molecule has 0 aliphatic rings. The Morgan fingerprint density at radius 3 is 2.07 bits per heavy atom. The molecule has 0 aliphatic heterocycles. The van der Waals surface area contributed by atoms with Gasteiger partial charge in [0.15, 0.2) is 0 Å². The van der Waals surface area contributed by atoms with E-state index in [-0.39, 0.29) is 5.97 Å². The Morgan fingerprint density at radius 1 is 1.27 bits per heavy atom. The number of carbonyl (C=O) groups is 1. The molecule has 0 radical (unpaired) electrons. The predicted molar refractivity (Wildman–Crippen MR) is 66.1 cm³/mol. The van der Waals surface area contributed by atoms with Crippen molar-refractivity contribution >= 4 is 14.0 Å². The topological polar surface area (TPSA) is 52.3 Å². The Balaban J connectivity index is 4.23. The monoisotopic (exact) mass is 229 g/mol. The Bertz CT molecular complexity index is 222. The lowest BCUT2D eigenvalue weighted by Gasteiger charge is -2.26. The molecule has 2 N–H and O–H groups in total. The number of esters is 1. The SMILES string of the molecule is CC[Si](CC)(CC)COC(=O)/C=C(/C)N. The number of ether oxygens (including phenoxy) is 1. The lowest BCUT2D eigenvalue weighted by Crippen LogP contribution is -2.38. The zero-order valence-electron chi connectivity index (χ0n) is 10.3. The Hall–Kier alpha value is -0.773. The van der Waals surface area contributed by atoms with Crippen molar-refractivity contribution in [2.45, 2.75) is 45.8 Å². The highest BCUT2D eigenvalue weighted by atomic mass is 28.3. The van der Waals surface area contributed by atoms with E-state index in [1.165, 1.54) is 24.2 Å². The highest BCUT2D eigenvalue weighted by Gasteiger charge is 2.28. The highest BCUT2D eigenvalue weighted by molar-refractivity contribution is 6.79. The second-order valence-electron chi connectivity index (χ2n) is 4.06. The van der Waals surface area contributed by atoms with Gasteiger partial charge < -0.3 is 10.5 Å². The third kappa shape index (κ3) is 5.02. The van der Waals surface area contributed by atoms with Crippen LogP contribution >= 0.6 is 0 Å². The van der Waals surface area contributed by atoms with Crippen LogP contribution in [0.15, 0.2) is 11.8 Å². The van der Waals surface area contributed by atoms with Crippen LogP contribution in [-0.4, -0.2) is 20.3 Å². The second kappa shape index (κ2) is 6.66. The number of carbonyl (C=O) groups excluding carboxylic acids is 1. The van der Waals surface area contributed by atoms with E-state index < -0.39 is 8.07 Å². The molecule has 0 aromatic rings. The molecular weight excluding hydrogens is 206 g/mol. The molecule has 4 heteroatoms. The number of nitrogens with two attached hydrogens (primary N) is 1. The average molecular weight is 229 g/mol. The minimum absolute atomic E-state index is 0.303. The first-order valence-electron chi connectivity index (χ1n) is 5.60. The quantitative estimate of drug-likeness (QED) is 0.432. The van der Waals surface area contributed by atoms with Crippen molar-refractivity contribution < 1.29 is 9.53 Å². The number of hydrogen-bond acceptors (Lipinski definition) is 3. The molecule has 0 rings (SSSR count). The van der Waals surface area contributed by atoms with Crippen LogP contribution in [0.25, 0.3) is 0 Å². The molecule has 15 heavy (non-hydrogen) atoms. The van der Waals surface area contributed by atoms with Gasteiger partial charge in [0.25, 0.3) is 0 Å². The summed E-state index contributed by atoms with van der Waals surface area (Å²) in [5.41, 5.74) is 5.90. The average Bonchev–Trinajstić information content (AvgIpc) is 2.20. The summed E-state index contributed by atoms with van der Waals surface area (Å²) >= 11 is 0. The van der Waals surface area contributed by atoms with Crippen LogP contribution in [0.5, 0.6) is 0 Å².